The van der Waals surface area contributed by atoms with Crippen LogP contribution in [0.3, 0.4) is 0 Å². The number of ether oxygens (including phenoxy) is 4. The Morgan fingerprint density at radius 1 is 0.764 bits per heavy atom. The largest absolute Gasteiger partial charge is 0.454 e. The zero-order valence-electron chi connectivity index (χ0n) is 30.4. The van der Waals surface area contributed by atoms with Gasteiger partial charge in [0.15, 0.2) is 35.2 Å². The van der Waals surface area contributed by atoms with Crippen LogP contribution in [0.15, 0.2) is 72.8 Å². The molecule has 12 nitrogen and oxygen atoms in total. The fourth-order valence-corrected chi connectivity index (χ4v) is 5.39. The summed E-state index contributed by atoms with van der Waals surface area (Å²) < 4.78 is 80.3. The number of benzene rings is 4. The molecular formula is C39H40F4N6O6. The van der Waals surface area contributed by atoms with Crippen LogP contribution in [0.1, 0.15) is 37.2 Å². The Hall–Kier alpha value is -5.84. The summed E-state index contributed by atoms with van der Waals surface area (Å²) in [5, 5.41) is 3.01. The number of primary amides is 1. The second-order valence-corrected chi connectivity index (χ2v) is 12.0. The predicted octanol–water partition coefficient (Wildman–Crippen LogP) is 7.06. The highest BCUT2D eigenvalue weighted by molar-refractivity contribution is 5.84. The number of nitrogens with one attached hydrogen (secondary N) is 1. The number of rotatable bonds is 17. The molecule has 290 valence electrons. The molecule has 3 N–H and O–H groups in total. The second-order valence-electron chi connectivity index (χ2n) is 12.0. The fourth-order valence-electron chi connectivity index (χ4n) is 5.39. The molecule has 0 radical (unpaired) electrons. The van der Waals surface area contributed by atoms with Crippen molar-refractivity contribution in [3.8, 4) is 23.0 Å². The first-order chi connectivity index (χ1) is 26.5. The maximum absolute atomic E-state index is 14.6. The van der Waals surface area contributed by atoms with Crippen molar-refractivity contribution in [3.63, 3.8) is 0 Å². The van der Waals surface area contributed by atoms with Crippen LogP contribution < -0.4 is 20.5 Å². The molecule has 2 heterocycles. The van der Waals surface area contributed by atoms with Crippen LogP contribution in [0, 0.1) is 23.3 Å². The Kier molecular flexibility index (Phi) is 13.9. The number of halogens is 4. The molecule has 0 saturated carbocycles. The minimum atomic E-state index is -0.622. The topological polar surface area (TPSA) is 145 Å². The smallest absolute Gasteiger partial charge is 0.234 e. The Balaban J connectivity index is 0.000000214. The summed E-state index contributed by atoms with van der Waals surface area (Å²) in [5.74, 6) is -1.14. The van der Waals surface area contributed by atoms with E-state index in [0.29, 0.717) is 85.2 Å². The molecule has 55 heavy (non-hydrogen) atoms. The number of imidazole rings is 2. The van der Waals surface area contributed by atoms with E-state index in [1.165, 1.54) is 66.7 Å². The van der Waals surface area contributed by atoms with E-state index in [0.717, 1.165) is 0 Å². The molecule has 1 atom stereocenters. The number of carbonyl (C=O) groups is 2. The lowest BCUT2D eigenvalue weighted by Gasteiger charge is -2.13. The fraction of sp³-hybridized carbons (Fsp3) is 0.282. The van der Waals surface area contributed by atoms with Crippen LogP contribution in [-0.4, -0.2) is 63.8 Å². The van der Waals surface area contributed by atoms with Crippen LogP contribution in [-0.2, 0) is 33.9 Å². The van der Waals surface area contributed by atoms with Gasteiger partial charge in [0.05, 0.1) is 47.9 Å². The van der Waals surface area contributed by atoms with Crippen LogP contribution in [0.2, 0.25) is 0 Å². The Morgan fingerprint density at radius 2 is 1.24 bits per heavy atom. The van der Waals surface area contributed by atoms with Crippen LogP contribution >= 0.6 is 0 Å². The average Bonchev–Trinajstić information content (AvgIpc) is 3.68. The molecule has 0 aliphatic heterocycles. The zero-order chi connectivity index (χ0) is 39.5. The lowest BCUT2D eigenvalue weighted by molar-refractivity contribution is -0.119. The summed E-state index contributed by atoms with van der Waals surface area (Å²) in [6, 6.07) is 15.6. The summed E-state index contributed by atoms with van der Waals surface area (Å²) >= 11 is 0. The molecule has 0 aliphatic carbocycles. The highest BCUT2D eigenvalue weighted by Gasteiger charge is 2.18. The Morgan fingerprint density at radius 3 is 1.71 bits per heavy atom. The average molecular weight is 765 g/mol. The third kappa shape index (κ3) is 10.4. The van der Waals surface area contributed by atoms with Crippen LogP contribution in [0.25, 0.3) is 22.1 Å². The standard InChI is InChI=1S/C21H24F2N4O3.C18H16F2N2O3/c1-3-29-9-8-27-18-11-19(30-15-6-4-14(22)5-7-15)16(23)10-17(18)26-20(27)12-25-13(2)21(24)28;1-2-24-8-7-22-16-10-17(25-13-5-3-12(19)4-6-13)14(20)9-15(16)21-18(22)11-23/h4-7,10-11,13,25H,3,8-9,12H2,1-2H3,(H2,24,28);3-6,9-11H,2,7-8H2,1H3/t13-;/m0./s1. The van der Waals surface area contributed by atoms with Crippen molar-refractivity contribution in [1.29, 1.82) is 0 Å². The number of nitrogens with zero attached hydrogens (tertiary/aromatic N) is 4. The Bertz CT molecular complexity index is 2230. The molecule has 16 heteroatoms. The van der Waals surface area contributed by atoms with Gasteiger partial charge in [0.2, 0.25) is 5.91 Å². The lowest BCUT2D eigenvalue weighted by Crippen LogP contribution is -2.38. The van der Waals surface area contributed by atoms with Crippen molar-refractivity contribution >= 4 is 34.3 Å². The third-order valence-electron chi connectivity index (χ3n) is 8.22. The van der Waals surface area contributed by atoms with Crippen molar-refractivity contribution in [3.05, 3.63) is 108 Å². The first kappa shape index (κ1) is 40.3. The Labute approximate surface area is 313 Å². The molecule has 0 fully saturated rings. The van der Waals surface area contributed by atoms with Crippen molar-refractivity contribution in [2.45, 2.75) is 46.4 Å². The van der Waals surface area contributed by atoms with Gasteiger partial charge in [-0.1, -0.05) is 0 Å². The van der Waals surface area contributed by atoms with Gasteiger partial charge in [-0.2, -0.15) is 0 Å². The van der Waals surface area contributed by atoms with Crippen molar-refractivity contribution in [1.82, 2.24) is 24.4 Å². The van der Waals surface area contributed by atoms with Gasteiger partial charge in [0.1, 0.15) is 29.0 Å². The molecular weight excluding hydrogens is 724 g/mol. The molecule has 6 aromatic rings. The summed E-state index contributed by atoms with van der Waals surface area (Å²) in [4.78, 5) is 31.1. The minimum Gasteiger partial charge on any atom is -0.454 e. The number of hydrogen-bond donors (Lipinski definition) is 2. The number of amides is 1. The normalized spacial score (nSPS) is 11.7. The number of carbonyl (C=O) groups excluding carboxylic acids is 2. The third-order valence-corrected chi connectivity index (χ3v) is 8.22. The van der Waals surface area contributed by atoms with E-state index in [2.05, 4.69) is 15.3 Å². The molecule has 0 aliphatic rings. The molecule has 0 bridgehead atoms. The summed E-state index contributed by atoms with van der Waals surface area (Å²) in [6.07, 6.45) is 0.615. The predicted molar refractivity (Wildman–Crippen MR) is 196 cm³/mol. The number of fused-ring (bicyclic) bond motifs is 2. The van der Waals surface area contributed by atoms with E-state index in [9.17, 15) is 27.2 Å². The second kappa shape index (κ2) is 19.0. The zero-order valence-corrected chi connectivity index (χ0v) is 30.4. The monoisotopic (exact) mass is 764 g/mol. The van der Waals surface area contributed by atoms with Crippen molar-refractivity contribution < 1.29 is 46.1 Å². The maximum atomic E-state index is 14.6. The first-order valence-corrected chi connectivity index (χ1v) is 17.4. The molecule has 4 aromatic carbocycles. The lowest BCUT2D eigenvalue weighted by atomic mass is 10.2. The number of aldehydes is 1. The SMILES string of the molecule is CCOCCn1c(C=O)nc2cc(F)c(Oc3ccc(F)cc3)cc21.CCOCCn1c(CN[C@@H](C)C(N)=O)nc2cc(F)c(Oc3ccc(F)cc3)cc21. The van der Waals surface area contributed by atoms with Gasteiger partial charge in [-0.25, -0.2) is 27.5 Å². The maximum Gasteiger partial charge on any atom is 0.234 e. The quantitative estimate of drug-likeness (QED) is 0.0567. The summed E-state index contributed by atoms with van der Waals surface area (Å²) in [7, 11) is 0. The van der Waals surface area contributed by atoms with Gasteiger partial charge >= 0.3 is 0 Å². The van der Waals surface area contributed by atoms with E-state index < -0.39 is 35.2 Å². The summed E-state index contributed by atoms with van der Waals surface area (Å²) in [5.41, 5.74) is 7.29. The van der Waals surface area contributed by atoms with Gasteiger partial charge in [0.25, 0.3) is 0 Å². The van der Waals surface area contributed by atoms with Gasteiger partial charge in [-0.05, 0) is 69.3 Å². The molecule has 2 aromatic heterocycles. The van der Waals surface area contributed by atoms with E-state index in [1.54, 1.807) is 17.6 Å². The number of aromatic nitrogens is 4. The van der Waals surface area contributed by atoms with Gasteiger partial charge in [0, 0.05) is 50.6 Å². The first-order valence-electron chi connectivity index (χ1n) is 17.4. The van der Waals surface area contributed by atoms with Gasteiger partial charge in [-0.3, -0.25) is 14.9 Å². The molecule has 0 saturated heterocycles. The van der Waals surface area contributed by atoms with E-state index in [-0.39, 0.29) is 23.9 Å². The highest BCUT2D eigenvalue weighted by Crippen LogP contribution is 2.31. The van der Waals surface area contributed by atoms with Gasteiger partial charge in [-0.15, -0.1) is 0 Å². The van der Waals surface area contributed by atoms with Crippen LogP contribution in [0.5, 0.6) is 23.0 Å². The van der Waals surface area contributed by atoms with Crippen molar-refractivity contribution in [2.75, 3.05) is 26.4 Å². The molecule has 6 rings (SSSR count). The number of hydrogen-bond acceptors (Lipinski definition) is 9. The molecule has 0 unspecified atom stereocenters. The molecule has 1 amide bonds. The van der Waals surface area contributed by atoms with Crippen LogP contribution in [0.4, 0.5) is 17.6 Å². The van der Waals surface area contributed by atoms with Crippen molar-refractivity contribution in [2.24, 2.45) is 5.73 Å². The van der Waals surface area contributed by atoms with E-state index >= 15 is 0 Å². The molecule has 0 spiro atoms. The minimum absolute atomic E-state index is 0.00307. The van der Waals surface area contributed by atoms with E-state index in [4.69, 9.17) is 24.7 Å². The highest BCUT2D eigenvalue weighted by atomic mass is 19.1. The van der Waals surface area contributed by atoms with Gasteiger partial charge < -0.3 is 33.8 Å². The number of nitrogens with two attached hydrogens (primary N) is 1. The summed E-state index contributed by atoms with van der Waals surface area (Å²) in [6.45, 7) is 8.52. The van der Waals surface area contributed by atoms with E-state index in [1.807, 2.05) is 18.4 Å².